The van der Waals surface area contributed by atoms with E-state index in [1.165, 1.54) is 0 Å². The van der Waals surface area contributed by atoms with Crippen molar-refractivity contribution >= 4 is 11.8 Å². The van der Waals surface area contributed by atoms with E-state index in [9.17, 15) is 4.79 Å². The Labute approximate surface area is 151 Å². The third-order valence-corrected chi connectivity index (χ3v) is 4.53. The van der Waals surface area contributed by atoms with E-state index in [-0.39, 0.29) is 5.91 Å². The molecule has 0 spiro atoms. The lowest BCUT2D eigenvalue weighted by molar-refractivity contribution is 0.0682. The van der Waals surface area contributed by atoms with E-state index in [0.29, 0.717) is 55.8 Å². The normalized spacial score (nSPS) is 16.2. The molecule has 0 radical (unpaired) electrons. The van der Waals surface area contributed by atoms with Crippen LogP contribution in [0.15, 0.2) is 29.3 Å². The fourth-order valence-electron chi connectivity index (χ4n) is 3.17. The molecule has 0 atom stereocenters. The van der Waals surface area contributed by atoms with Gasteiger partial charge in [-0.2, -0.15) is 5.10 Å². The van der Waals surface area contributed by atoms with Crippen LogP contribution in [0.2, 0.25) is 0 Å². The molecule has 0 unspecified atom stereocenters. The third kappa shape index (κ3) is 2.87. The summed E-state index contributed by atoms with van der Waals surface area (Å²) in [6.07, 6.45) is 0. The molecule has 2 aliphatic heterocycles. The fourth-order valence-corrected chi connectivity index (χ4v) is 3.17. The van der Waals surface area contributed by atoms with Crippen molar-refractivity contribution in [1.29, 1.82) is 0 Å². The van der Waals surface area contributed by atoms with E-state index < -0.39 is 0 Å². The van der Waals surface area contributed by atoms with Gasteiger partial charge >= 0.3 is 0 Å². The van der Waals surface area contributed by atoms with Crippen molar-refractivity contribution in [1.82, 2.24) is 14.7 Å². The number of hydrogen-bond donors (Lipinski definition) is 0. The minimum Gasteiger partial charge on any atom is -0.497 e. The van der Waals surface area contributed by atoms with E-state index in [4.69, 9.17) is 14.2 Å². The quantitative estimate of drug-likeness (QED) is 0.808. The van der Waals surface area contributed by atoms with Crippen molar-refractivity contribution < 1.29 is 19.0 Å². The van der Waals surface area contributed by atoms with Crippen LogP contribution >= 0.6 is 0 Å². The molecule has 8 heteroatoms. The van der Waals surface area contributed by atoms with Gasteiger partial charge in [-0.25, -0.2) is 4.99 Å². The number of rotatable bonds is 5. The van der Waals surface area contributed by atoms with E-state index in [2.05, 4.69) is 10.1 Å². The van der Waals surface area contributed by atoms with Crippen molar-refractivity contribution in [3.63, 3.8) is 0 Å². The second-order valence-corrected chi connectivity index (χ2v) is 6.08. The van der Waals surface area contributed by atoms with Gasteiger partial charge in [0.25, 0.3) is 5.91 Å². The molecule has 0 saturated carbocycles. The number of benzene rings is 1. The number of amides is 1. The first-order valence-electron chi connectivity index (χ1n) is 8.45. The van der Waals surface area contributed by atoms with Crippen LogP contribution in [0.1, 0.15) is 21.7 Å². The second kappa shape index (κ2) is 6.70. The van der Waals surface area contributed by atoms with Crippen LogP contribution in [0.5, 0.6) is 11.5 Å². The van der Waals surface area contributed by atoms with Gasteiger partial charge in [0.2, 0.25) is 5.90 Å². The SMILES string of the molecule is COc1ccc(CN2CCn3nc(C4=NCCO4)cc3C2=O)c(OC)c1. The Kier molecular flexibility index (Phi) is 4.24. The molecule has 1 amide bonds. The number of methoxy groups -OCH3 is 2. The Hall–Kier alpha value is -3.03. The molecule has 0 aliphatic carbocycles. The minimum absolute atomic E-state index is 0.0635. The molecule has 26 heavy (non-hydrogen) atoms. The zero-order valence-electron chi connectivity index (χ0n) is 14.8. The van der Waals surface area contributed by atoms with Gasteiger partial charge in [0.05, 0.1) is 27.3 Å². The lowest BCUT2D eigenvalue weighted by Gasteiger charge is -2.28. The van der Waals surface area contributed by atoms with Crippen LogP contribution in [0.25, 0.3) is 0 Å². The van der Waals surface area contributed by atoms with Gasteiger partial charge in [-0.1, -0.05) is 0 Å². The van der Waals surface area contributed by atoms with Gasteiger partial charge in [0.1, 0.15) is 29.5 Å². The van der Waals surface area contributed by atoms with Crippen molar-refractivity contribution in [2.24, 2.45) is 4.99 Å². The maximum absolute atomic E-state index is 12.9. The molecule has 2 aliphatic rings. The van der Waals surface area contributed by atoms with Crippen molar-refractivity contribution in [2.75, 3.05) is 33.9 Å². The van der Waals surface area contributed by atoms with Gasteiger partial charge in [-0.05, 0) is 12.1 Å². The summed E-state index contributed by atoms with van der Waals surface area (Å²) in [6, 6.07) is 7.36. The van der Waals surface area contributed by atoms with Crippen molar-refractivity contribution in [3.05, 3.63) is 41.2 Å². The Bertz CT molecular complexity index is 874. The molecule has 8 nitrogen and oxygen atoms in total. The maximum Gasteiger partial charge on any atom is 0.272 e. The monoisotopic (exact) mass is 356 g/mol. The summed E-state index contributed by atoms with van der Waals surface area (Å²) in [6.45, 7) is 2.87. The summed E-state index contributed by atoms with van der Waals surface area (Å²) in [7, 11) is 3.22. The summed E-state index contributed by atoms with van der Waals surface area (Å²) in [5.41, 5.74) is 2.10. The Balaban J connectivity index is 1.56. The highest BCUT2D eigenvalue weighted by Crippen LogP contribution is 2.27. The molecule has 136 valence electrons. The first-order chi connectivity index (χ1) is 12.7. The van der Waals surface area contributed by atoms with Gasteiger partial charge in [-0.3, -0.25) is 9.48 Å². The minimum atomic E-state index is -0.0635. The Morgan fingerprint density at radius 2 is 2.08 bits per heavy atom. The summed E-state index contributed by atoms with van der Waals surface area (Å²) >= 11 is 0. The highest BCUT2D eigenvalue weighted by atomic mass is 16.5. The molecular weight excluding hydrogens is 336 g/mol. The number of ether oxygens (including phenoxy) is 3. The smallest absolute Gasteiger partial charge is 0.272 e. The molecule has 0 N–H and O–H groups in total. The lowest BCUT2D eigenvalue weighted by atomic mass is 10.1. The molecule has 0 fully saturated rings. The van der Waals surface area contributed by atoms with Crippen LogP contribution in [-0.4, -0.2) is 60.4 Å². The standard InChI is InChI=1S/C18H20N4O4/c1-24-13-4-3-12(16(9-13)25-2)11-21-6-7-22-15(18(21)23)10-14(20-22)17-19-5-8-26-17/h3-4,9-10H,5-8,11H2,1-2H3. The van der Waals surface area contributed by atoms with Gasteiger partial charge < -0.3 is 19.1 Å². The van der Waals surface area contributed by atoms with Crippen LogP contribution in [-0.2, 0) is 17.8 Å². The van der Waals surface area contributed by atoms with Gasteiger partial charge in [-0.15, -0.1) is 0 Å². The van der Waals surface area contributed by atoms with E-state index in [1.54, 1.807) is 29.9 Å². The van der Waals surface area contributed by atoms with Crippen LogP contribution in [0.4, 0.5) is 0 Å². The van der Waals surface area contributed by atoms with Crippen LogP contribution in [0, 0.1) is 0 Å². The zero-order valence-corrected chi connectivity index (χ0v) is 14.8. The van der Waals surface area contributed by atoms with E-state index >= 15 is 0 Å². The highest BCUT2D eigenvalue weighted by Gasteiger charge is 2.29. The summed E-state index contributed by atoms with van der Waals surface area (Å²) in [5.74, 6) is 1.87. The molecule has 3 heterocycles. The maximum atomic E-state index is 12.9. The third-order valence-electron chi connectivity index (χ3n) is 4.53. The first kappa shape index (κ1) is 16.4. The topological polar surface area (TPSA) is 78.2 Å². The van der Waals surface area contributed by atoms with Gasteiger partial charge in [0.15, 0.2) is 0 Å². The lowest BCUT2D eigenvalue weighted by Crippen LogP contribution is -2.39. The fraction of sp³-hybridized carbons (Fsp3) is 0.389. The number of aromatic nitrogens is 2. The number of carbonyl (C=O) groups excluding carboxylic acids is 1. The van der Waals surface area contributed by atoms with Crippen LogP contribution < -0.4 is 9.47 Å². The predicted octanol–water partition coefficient (Wildman–Crippen LogP) is 1.33. The molecule has 2 aromatic rings. The number of carbonyl (C=O) groups is 1. The second-order valence-electron chi connectivity index (χ2n) is 6.08. The molecule has 1 aromatic heterocycles. The first-order valence-corrected chi connectivity index (χ1v) is 8.45. The van der Waals surface area contributed by atoms with E-state index in [1.807, 2.05) is 18.2 Å². The summed E-state index contributed by atoms with van der Waals surface area (Å²) < 4.78 is 17.8. The Morgan fingerprint density at radius 3 is 2.81 bits per heavy atom. The molecule has 1 aromatic carbocycles. The average molecular weight is 356 g/mol. The number of nitrogens with zero attached hydrogens (tertiary/aromatic N) is 4. The molecule has 0 saturated heterocycles. The largest absolute Gasteiger partial charge is 0.497 e. The number of aliphatic imine (C=N–C) groups is 1. The van der Waals surface area contributed by atoms with E-state index in [0.717, 1.165) is 11.3 Å². The summed E-state index contributed by atoms with van der Waals surface area (Å²) in [4.78, 5) is 19.0. The zero-order chi connectivity index (χ0) is 18.1. The number of fused-ring (bicyclic) bond motifs is 1. The Morgan fingerprint density at radius 1 is 1.19 bits per heavy atom. The summed E-state index contributed by atoms with van der Waals surface area (Å²) in [5, 5.41) is 4.45. The average Bonchev–Trinajstić information content (AvgIpc) is 3.33. The predicted molar refractivity (Wildman–Crippen MR) is 93.9 cm³/mol. The molecular formula is C18H20N4O4. The molecule has 0 bridgehead atoms. The van der Waals surface area contributed by atoms with Crippen molar-refractivity contribution in [3.8, 4) is 11.5 Å². The molecule has 4 rings (SSSR count). The van der Waals surface area contributed by atoms with Gasteiger partial charge in [0, 0.05) is 30.8 Å². The van der Waals surface area contributed by atoms with Crippen LogP contribution in [0.3, 0.4) is 0 Å². The van der Waals surface area contributed by atoms with Crippen molar-refractivity contribution in [2.45, 2.75) is 13.1 Å². The number of hydrogen-bond acceptors (Lipinski definition) is 6. The highest BCUT2D eigenvalue weighted by molar-refractivity contribution is 5.98.